The molecule has 0 aliphatic carbocycles. The average molecular weight is 395 g/mol. The third-order valence-electron chi connectivity index (χ3n) is 5.58. The number of para-hydroxylation sites is 2. The Morgan fingerprint density at radius 1 is 0.867 bits per heavy atom. The number of anilines is 1. The van der Waals surface area contributed by atoms with Gasteiger partial charge in [0.05, 0.1) is 16.8 Å². The smallest absolute Gasteiger partial charge is 0.256 e. The normalized spacial score (nSPS) is 11.1. The highest BCUT2D eigenvalue weighted by atomic mass is 16.1. The number of pyridine rings is 1. The van der Waals surface area contributed by atoms with E-state index in [-0.39, 0.29) is 5.91 Å². The molecule has 1 N–H and O–H groups in total. The summed E-state index contributed by atoms with van der Waals surface area (Å²) in [5.41, 5.74) is 7.34. The number of benzene rings is 3. The van der Waals surface area contributed by atoms with Gasteiger partial charge in [0.2, 0.25) is 0 Å². The molecule has 3 heteroatoms. The summed E-state index contributed by atoms with van der Waals surface area (Å²) in [6.45, 7) is 8.31. The first-order valence-corrected chi connectivity index (χ1v) is 10.3. The summed E-state index contributed by atoms with van der Waals surface area (Å²) in [5.74, 6) is 0.217. The lowest BCUT2D eigenvalue weighted by Gasteiger charge is -2.19. The van der Waals surface area contributed by atoms with Crippen LogP contribution in [0, 0.1) is 13.8 Å². The Hall–Kier alpha value is -3.46. The van der Waals surface area contributed by atoms with Gasteiger partial charge in [0.25, 0.3) is 5.91 Å². The Bertz CT molecular complexity index is 1230. The highest BCUT2D eigenvalue weighted by molar-refractivity contribution is 6.14. The van der Waals surface area contributed by atoms with Gasteiger partial charge < -0.3 is 5.32 Å². The second-order valence-electron chi connectivity index (χ2n) is 7.99. The minimum atomic E-state index is -0.0977. The molecule has 0 fully saturated rings. The summed E-state index contributed by atoms with van der Waals surface area (Å²) < 4.78 is 0. The van der Waals surface area contributed by atoms with Crippen molar-refractivity contribution in [2.75, 3.05) is 5.32 Å². The predicted octanol–water partition coefficient (Wildman–Crippen LogP) is 6.89. The largest absolute Gasteiger partial charge is 0.321 e. The minimum Gasteiger partial charge on any atom is -0.321 e. The van der Waals surface area contributed by atoms with Gasteiger partial charge in [-0.15, -0.1) is 0 Å². The van der Waals surface area contributed by atoms with E-state index < -0.39 is 0 Å². The number of rotatable bonds is 4. The van der Waals surface area contributed by atoms with Gasteiger partial charge in [-0.2, -0.15) is 0 Å². The van der Waals surface area contributed by atoms with Gasteiger partial charge in [0.15, 0.2) is 0 Å². The number of nitrogens with zero attached hydrogens (tertiary/aromatic N) is 1. The molecule has 0 saturated heterocycles. The zero-order valence-electron chi connectivity index (χ0n) is 17.9. The molecule has 0 spiro atoms. The summed E-state index contributed by atoms with van der Waals surface area (Å²) in [6, 6.07) is 24.0. The van der Waals surface area contributed by atoms with Crippen LogP contribution in [0.3, 0.4) is 0 Å². The van der Waals surface area contributed by atoms with E-state index in [9.17, 15) is 4.79 Å². The number of hydrogen-bond donors (Lipinski definition) is 1. The molecular formula is C27H26N2O. The van der Waals surface area contributed by atoms with Gasteiger partial charge in [-0.3, -0.25) is 4.79 Å². The molecule has 1 heterocycles. The molecule has 0 unspecified atom stereocenters. The zero-order valence-corrected chi connectivity index (χ0v) is 17.9. The molecule has 0 aliphatic heterocycles. The Kier molecular flexibility index (Phi) is 5.37. The van der Waals surface area contributed by atoms with Gasteiger partial charge >= 0.3 is 0 Å². The van der Waals surface area contributed by atoms with Gasteiger partial charge in [0.1, 0.15) is 0 Å². The number of carbonyl (C=O) groups is 1. The van der Waals surface area contributed by atoms with E-state index in [0.29, 0.717) is 11.5 Å². The summed E-state index contributed by atoms with van der Waals surface area (Å²) >= 11 is 0. The first-order chi connectivity index (χ1) is 14.5. The number of amides is 1. The third-order valence-corrected chi connectivity index (χ3v) is 5.58. The van der Waals surface area contributed by atoms with Crippen molar-refractivity contribution < 1.29 is 4.79 Å². The molecule has 1 amide bonds. The van der Waals surface area contributed by atoms with Crippen LogP contribution in [0.5, 0.6) is 0 Å². The molecule has 150 valence electrons. The van der Waals surface area contributed by atoms with E-state index in [4.69, 9.17) is 4.98 Å². The van der Waals surface area contributed by atoms with Crippen molar-refractivity contribution in [2.24, 2.45) is 0 Å². The molecule has 4 rings (SSSR count). The number of carbonyl (C=O) groups excluding carboxylic acids is 1. The fraction of sp³-hybridized carbons (Fsp3) is 0.185. The zero-order chi connectivity index (χ0) is 21.3. The maximum atomic E-state index is 13.6. The number of hydrogen-bond acceptors (Lipinski definition) is 2. The van der Waals surface area contributed by atoms with Gasteiger partial charge in [0, 0.05) is 16.6 Å². The summed E-state index contributed by atoms with van der Waals surface area (Å²) in [7, 11) is 0. The fourth-order valence-corrected chi connectivity index (χ4v) is 4.00. The molecule has 0 saturated carbocycles. The second kappa shape index (κ2) is 8.11. The SMILES string of the molecule is Cc1cccc(C(C)C)c1NC(=O)c1c(C)c(-c2ccccc2)nc2ccccc12. The number of nitrogens with one attached hydrogen (secondary N) is 1. The van der Waals surface area contributed by atoms with Crippen LogP contribution in [0.15, 0.2) is 72.8 Å². The lowest BCUT2D eigenvalue weighted by atomic mass is 9.95. The molecule has 4 aromatic rings. The van der Waals surface area contributed by atoms with Gasteiger partial charge in [-0.1, -0.05) is 80.6 Å². The molecule has 0 aliphatic rings. The maximum absolute atomic E-state index is 13.6. The Labute approximate surface area is 177 Å². The van der Waals surface area contributed by atoms with Crippen LogP contribution in [-0.4, -0.2) is 10.9 Å². The van der Waals surface area contributed by atoms with Crippen molar-refractivity contribution in [3.05, 3.63) is 95.1 Å². The Morgan fingerprint density at radius 3 is 2.30 bits per heavy atom. The van der Waals surface area contributed by atoms with Crippen molar-refractivity contribution in [1.82, 2.24) is 4.98 Å². The van der Waals surface area contributed by atoms with E-state index in [1.807, 2.05) is 80.6 Å². The van der Waals surface area contributed by atoms with Crippen molar-refractivity contribution >= 4 is 22.5 Å². The van der Waals surface area contributed by atoms with Crippen LogP contribution in [0.25, 0.3) is 22.2 Å². The molecule has 3 aromatic carbocycles. The van der Waals surface area contributed by atoms with Crippen molar-refractivity contribution in [2.45, 2.75) is 33.6 Å². The van der Waals surface area contributed by atoms with Crippen LogP contribution in [0.1, 0.15) is 46.8 Å². The highest BCUT2D eigenvalue weighted by Crippen LogP contribution is 2.32. The van der Waals surface area contributed by atoms with Crippen LogP contribution in [0.2, 0.25) is 0 Å². The fourth-order valence-electron chi connectivity index (χ4n) is 4.00. The second-order valence-corrected chi connectivity index (χ2v) is 7.99. The lowest BCUT2D eigenvalue weighted by molar-refractivity contribution is 0.102. The molecule has 0 bridgehead atoms. The first kappa shape index (κ1) is 19.8. The van der Waals surface area contributed by atoms with Crippen LogP contribution in [-0.2, 0) is 0 Å². The third kappa shape index (κ3) is 3.59. The van der Waals surface area contributed by atoms with E-state index >= 15 is 0 Å². The molecule has 0 atom stereocenters. The Morgan fingerprint density at radius 2 is 1.57 bits per heavy atom. The molecule has 3 nitrogen and oxygen atoms in total. The molecule has 30 heavy (non-hydrogen) atoms. The van der Waals surface area contributed by atoms with E-state index in [1.165, 1.54) is 0 Å². The summed E-state index contributed by atoms with van der Waals surface area (Å²) in [6.07, 6.45) is 0. The van der Waals surface area contributed by atoms with Gasteiger partial charge in [-0.25, -0.2) is 4.98 Å². The number of aryl methyl sites for hydroxylation is 1. The minimum absolute atomic E-state index is 0.0977. The predicted molar refractivity (Wildman–Crippen MR) is 125 cm³/mol. The molecular weight excluding hydrogens is 368 g/mol. The standard InChI is InChI=1S/C27H26N2O/c1-17(2)21-15-10-11-18(3)25(21)29-27(30)24-19(4)26(20-12-6-5-7-13-20)28-23-16-9-8-14-22(23)24/h5-17H,1-4H3,(H,29,30). The van der Waals surface area contributed by atoms with E-state index in [1.54, 1.807) is 0 Å². The number of aromatic nitrogens is 1. The van der Waals surface area contributed by atoms with Crippen LogP contribution >= 0.6 is 0 Å². The maximum Gasteiger partial charge on any atom is 0.256 e. The quantitative estimate of drug-likeness (QED) is 0.409. The lowest BCUT2D eigenvalue weighted by Crippen LogP contribution is -2.17. The van der Waals surface area contributed by atoms with Crippen molar-refractivity contribution in [3.8, 4) is 11.3 Å². The first-order valence-electron chi connectivity index (χ1n) is 10.3. The molecule has 0 radical (unpaired) electrons. The highest BCUT2D eigenvalue weighted by Gasteiger charge is 2.20. The number of fused-ring (bicyclic) bond motifs is 1. The van der Waals surface area contributed by atoms with E-state index in [2.05, 4.69) is 25.2 Å². The summed E-state index contributed by atoms with van der Waals surface area (Å²) in [5, 5.41) is 4.09. The molecule has 1 aromatic heterocycles. The van der Waals surface area contributed by atoms with Crippen LogP contribution < -0.4 is 5.32 Å². The van der Waals surface area contributed by atoms with Crippen molar-refractivity contribution in [1.29, 1.82) is 0 Å². The van der Waals surface area contributed by atoms with Crippen molar-refractivity contribution in [3.63, 3.8) is 0 Å². The Balaban J connectivity index is 1.89. The monoisotopic (exact) mass is 394 g/mol. The van der Waals surface area contributed by atoms with E-state index in [0.717, 1.165) is 44.5 Å². The summed E-state index contributed by atoms with van der Waals surface area (Å²) in [4.78, 5) is 18.5. The van der Waals surface area contributed by atoms with Crippen LogP contribution in [0.4, 0.5) is 5.69 Å². The average Bonchev–Trinajstić information content (AvgIpc) is 2.75. The topological polar surface area (TPSA) is 42.0 Å². The van der Waals surface area contributed by atoms with Gasteiger partial charge in [-0.05, 0) is 42.5 Å².